The fourth-order valence-corrected chi connectivity index (χ4v) is 3.53. The van der Waals surface area contributed by atoms with Crippen molar-refractivity contribution in [2.45, 2.75) is 24.9 Å². The Bertz CT molecular complexity index is 798. The second kappa shape index (κ2) is 6.93. The summed E-state index contributed by atoms with van der Waals surface area (Å²) in [5.41, 5.74) is 0.959. The highest BCUT2D eigenvalue weighted by atomic mass is 16.2. The number of likely N-dealkylation sites (tertiary alicyclic amines) is 1. The number of hydrogen-bond acceptors (Lipinski definition) is 3. The molecule has 1 fully saturated rings. The van der Waals surface area contributed by atoms with Crippen molar-refractivity contribution in [2.24, 2.45) is 0 Å². The first kappa shape index (κ1) is 15.6. The molecule has 2 atom stereocenters. The van der Waals surface area contributed by atoms with Crippen molar-refractivity contribution in [1.82, 2.24) is 24.2 Å². The number of benzene rings is 1. The first-order chi connectivity index (χ1) is 12.3. The Labute approximate surface area is 146 Å². The van der Waals surface area contributed by atoms with Crippen molar-refractivity contribution in [1.29, 1.82) is 0 Å². The zero-order valence-corrected chi connectivity index (χ0v) is 14.0. The number of hydrogen-bond donors (Lipinski definition) is 0. The van der Waals surface area contributed by atoms with Gasteiger partial charge in [-0.25, -0.2) is 4.98 Å². The third-order valence-corrected chi connectivity index (χ3v) is 4.79. The van der Waals surface area contributed by atoms with Gasteiger partial charge in [0.2, 0.25) is 0 Å². The van der Waals surface area contributed by atoms with Crippen LogP contribution < -0.4 is 0 Å². The van der Waals surface area contributed by atoms with Crippen molar-refractivity contribution < 1.29 is 4.79 Å². The summed E-state index contributed by atoms with van der Waals surface area (Å²) >= 11 is 0. The zero-order valence-electron chi connectivity index (χ0n) is 14.0. The highest BCUT2D eigenvalue weighted by Gasteiger charge is 2.31. The first-order valence-electron chi connectivity index (χ1n) is 8.63. The largest absolute Gasteiger partial charge is 0.338 e. The summed E-state index contributed by atoms with van der Waals surface area (Å²) in [6, 6.07) is 11.6. The molecular weight excluding hydrogens is 314 g/mol. The molecule has 1 aromatic carbocycles. The Kier molecular flexibility index (Phi) is 4.33. The van der Waals surface area contributed by atoms with Crippen LogP contribution in [0.25, 0.3) is 0 Å². The van der Waals surface area contributed by atoms with Gasteiger partial charge in [0.15, 0.2) is 6.04 Å². The number of nitrogens with zero attached hydrogens (tertiary/aromatic N) is 5. The van der Waals surface area contributed by atoms with Crippen LogP contribution in [0.4, 0.5) is 0 Å². The maximum Gasteiger partial charge on any atom is 0.252 e. The van der Waals surface area contributed by atoms with Crippen LogP contribution in [-0.2, 0) is 4.79 Å². The van der Waals surface area contributed by atoms with Crippen LogP contribution in [0, 0.1) is 0 Å². The number of carbonyl (C=O) groups excluding carboxylic acids is 1. The fraction of sp³-hybridized carbons (Fsp3) is 0.316. The molecule has 0 bridgehead atoms. The predicted octanol–water partition coefficient (Wildman–Crippen LogP) is 2.53. The second-order valence-corrected chi connectivity index (χ2v) is 6.39. The quantitative estimate of drug-likeness (QED) is 0.736. The highest BCUT2D eigenvalue weighted by molar-refractivity contribution is 5.83. The molecule has 0 aliphatic carbocycles. The maximum absolute atomic E-state index is 13.4. The van der Waals surface area contributed by atoms with Crippen LogP contribution >= 0.6 is 0 Å². The Balaban J connectivity index is 1.60. The van der Waals surface area contributed by atoms with Gasteiger partial charge in [-0.05, 0) is 24.5 Å². The van der Waals surface area contributed by atoms with Crippen molar-refractivity contribution in [2.75, 3.05) is 13.1 Å². The molecular formula is C19H21N5O. The lowest BCUT2D eigenvalue weighted by Gasteiger charge is -2.35. The molecule has 3 heterocycles. The number of piperidine rings is 1. The van der Waals surface area contributed by atoms with Gasteiger partial charge in [0.05, 0.1) is 12.4 Å². The maximum atomic E-state index is 13.4. The third kappa shape index (κ3) is 3.20. The minimum Gasteiger partial charge on any atom is -0.338 e. The lowest BCUT2D eigenvalue weighted by Crippen LogP contribution is -2.44. The number of carbonyl (C=O) groups is 1. The molecule has 1 aliphatic rings. The topological polar surface area (TPSA) is 56.0 Å². The number of rotatable bonds is 4. The van der Waals surface area contributed by atoms with Gasteiger partial charge in [-0.3, -0.25) is 9.48 Å². The van der Waals surface area contributed by atoms with E-state index >= 15 is 0 Å². The highest BCUT2D eigenvalue weighted by Crippen LogP contribution is 2.26. The lowest BCUT2D eigenvalue weighted by atomic mass is 10.0. The molecule has 3 aromatic rings. The fourth-order valence-electron chi connectivity index (χ4n) is 3.53. The number of amides is 1. The number of aromatic nitrogens is 4. The molecule has 25 heavy (non-hydrogen) atoms. The van der Waals surface area contributed by atoms with E-state index in [2.05, 4.69) is 14.6 Å². The van der Waals surface area contributed by atoms with Crippen LogP contribution in [0.3, 0.4) is 0 Å². The Morgan fingerprint density at radius 2 is 2.00 bits per heavy atom. The molecule has 0 radical (unpaired) electrons. The van der Waals surface area contributed by atoms with Gasteiger partial charge in [-0.2, -0.15) is 5.10 Å². The van der Waals surface area contributed by atoms with Crippen molar-refractivity contribution >= 4 is 5.91 Å². The van der Waals surface area contributed by atoms with E-state index in [0.717, 1.165) is 24.9 Å². The van der Waals surface area contributed by atoms with E-state index in [4.69, 9.17) is 0 Å². The summed E-state index contributed by atoms with van der Waals surface area (Å²) in [5, 5.41) is 4.33. The minimum absolute atomic E-state index is 0.0970. The molecule has 1 amide bonds. The normalized spacial score (nSPS) is 18.9. The summed E-state index contributed by atoms with van der Waals surface area (Å²) in [6.07, 6.45) is 11.2. The Hall–Kier alpha value is -2.89. The van der Waals surface area contributed by atoms with E-state index in [0.29, 0.717) is 6.54 Å². The van der Waals surface area contributed by atoms with Crippen LogP contribution in [0.2, 0.25) is 0 Å². The van der Waals surface area contributed by atoms with Crippen molar-refractivity contribution in [3.63, 3.8) is 0 Å². The molecule has 1 aliphatic heterocycles. The van der Waals surface area contributed by atoms with Crippen LogP contribution in [0.15, 0.2) is 67.5 Å². The third-order valence-electron chi connectivity index (χ3n) is 4.79. The smallest absolute Gasteiger partial charge is 0.252 e. The summed E-state index contributed by atoms with van der Waals surface area (Å²) in [4.78, 5) is 19.5. The van der Waals surface area contributed by atoms with E-state index in [1.807, 2.05) is 60.0 Å². The minimum atomic E-state index is -0.419. The van der Waals surface area contributed by atoms with Gasteiger partial charge in [-0.1, -0.05) is 30.3 Å². The number of imidazole rings is 1. The summed E-state index contributed by atoms with van der Waals surface area (Å²) in [5.74, 6) is 0.0970. The van der Waals surface area contributed by atoms with Gasteiger partial charge in [0.1, 0.15) is 0 Å². The Morgan fingerprint density at radius 3 is 2.72 bits per heavy atom. The van der Waals surface area contributed by atoms with E-state index in [1.54, 1.807) is 17.1 Å². The van der Waals surface area contributed by atoms with Crippen molar-refractivity contribution in [3.05, 3.63) is 73.1 Å². The average Bonchev–Trinajstić information content (AvgIpc) is 3.37. The van der Waals surface area contributed by atoms with Crippen LogP contribution in [0.5, 0.6) is 0 Å². The van der Waals surface area contributed by atoms with E-state index < -0.39 is 6.04 Å². The molecule has 0 spiro atoms. The molecule has 6 heteroatoms. The van der Waals surface area contributed by atoms with Gasteiger partial charge in [0.25, 0.3) is 5.91 Å². The summed E-state index contributed by atoms with van der Waals surface area (Å²) < 4.78 is 3.85. The van der Waals surface area contributed by atoms with Crippen molar-refractivity contribution in [3.8, 4) is 0 Å². The van der Waals surface area contributed by atoms with Gasteiger partial charge in [-0.15, -0.1) is 0 Å². The van der Waals surface area contributed by atoms with Gasteiger partial charge < -0.3 is 9.47 Å². The average molecular weight is 335 g/mol. The van der Waals surface area contributed by atoms with Gasteiger partial charge in [0, 0.05) is 37.9 Å². The van der Waals surface area contributed by atoms with E-state index in [-0.39, 0.29) is 11.9 Å². The van der Waals surface area contributed by atoms with Crippen LogP contribution in [-0.4, -0.2) is 43.2 Å². The summed E-state index contributed by atoms with van der Waals surface area (Å²) in [6.45, 7) is 1.49. The molecule has 128 valence electrons. The second-order valence-electron chi connectivity index (χ2n) is 6.39. The molecule has 0 saturated carbocycles. The molecule has 2 unspecified atom stereocenters. The van der Waals surface area contributed by atoms with Gasteiger partial charge >= 0.3 is 0 Å². The molecule has 6 nitrogen and oxygen atoms in total. The lowest BCUT2D eigenvalue weighted by molar-refractivity contribution is -0.135. The standard InChI is InChI=1S/C19H21N5O/c25-19(22-11-4-8-17(14-22)23-13-10-20-15-23)18(24-12-5-9-21-24)16-6-2-1-3-7-16/h1-3,5-7,9-10,12-13,15,17-18H,4,8,11,14H2. The van der Waals surface area contributed by atoms with E-state index in [9.17, 15) is 4.79 Å². The molecule has 0 N–H and O–H groups in total. The predicted molar refractivity (Wildman–Crippen MR) is 93.9 cm³/mol. The molecule has 1 saturated heterocycles. The zero-order chi connectivity index (χ0) is 17.1. The Morgan fingerprint density at radius 1 is 1.12 bits per heavy atom. The monoisotopic (exact) mass is 335 g/mol. The SMILES string of the molecule is O=C(C(c1ccccc1)n1cccn1)N1CCCC(n2ccnc2)C1. The first-order valence-corrected chi connectivity index (χ1v) is 8.63. The summed E-state index contributed by atoms with van der Waals surface area (Å²) in [7, 11) is 0. The molecule has 4 rings (SSSR count). The molecule has 2 aromatic heterocycles. The van der Waals surface area contributed by atoms with E-state index in [1.165, 1.54) is 0 Å². The van der Waals surface area contributed by atoms with Crippen LogP contribution in [0.1, 0.15) is 30.5 Å².